The van der Waals surface area contributed by atoms with Crippen LogP contribution in [0.2, 0.25) is 0 Å². The van der Waals surface area contributed by atoms with E-state index in [0.717, 1.165) is 29.7 Å². The molecule has 0 aliphatic heterocycles. The van der Waals surface area contributed by atoms with E-state index in [1.165, 1.54) is 0 Å². The minimum Gasteiger partial charge on any atom is -0.383 e. The smallest absolute Gasteiger partial charge is 0.354 e. The number of nitrogens with two attached hydrogens (primary N) is 1. The molecule has 10 heteroatoms. The molecule has 170 valence electrons. The number of nitrogens with one attached hydrogen (secondary N) is 1. The van der Waals surface area contributed by atoms with Crippen LogP contribution in [0.25, 0.3) is 0 Å². The van der Waals surface area contributed by atoms with Gasteiger partial charge in [0.15, 0.2) is 9.92 Å². The van der Waals surface area contributed by atoms with Crippen LogP contribution in [-0.2, 0) is 34.8 Å². The molecule has 0 radical (unpaired) electrons. The molecular formula is C21H29FN4O3S2. The highest BCUT2D eigenvalue weighted by atomic mass is 32.2. The molecule has 0 saturated carbocycles. The maximum atomic E-state index is 14.9. The first-order chi connectivity index (χ1) is 14.4. The largest absolute Gasteiger partial charge is 0.383 e. The number of benzene rings is 1. The number of fused-ring (bicyclic) bond motifs is 1. The fraction of sp³-hybridized carbons (Fsp3) is 0.524. The lowest BCUT2D eigenvalue weighted by molar-refractivity contribution is 0.0781. The van der Waals surface area contributed by atoms with Gasteiger partial charge in [0.1, 0.15) is 20.6 Å². The molecule has 2 amide bonds. The Bertz CT molecular complexity index is 1160. The molecule has 1 aromatic carbocycles. The number of amides is 2. The molecule has 0 fully saturated rings. The standard InChI is InChI=1S/C21H29FN4O3S2/c1-6-8-13-11(2)17(15-10-7-9-14(15)16(13)22)25-20(27)26-31(23,29)18-12(3)24-19(30-18)21(4,5)28/h28H,6-10H2,1-5H3,(H3,23,25,26,27,29). The summed E-state index contributed by atoms with van der Waals surface area (Å²) in [7, 11) is -3.57. The number of anilines is 1. The van der Waals surface area contributed by atoms with Crippen LogP contribution >= 0.6 is 11.3 Å². The maximum Gasteiger partial charge on any atom is 0.354 e. The van der Waals surface area contributed by atoms with Gasteiger partial charge in [0.25, 0.3) is 0 Å². The third kappa shape index (κ3) is 4.67. The van der Waals surface area contributed by atoms with Crippen molar-refractivity contribution in [2.45, 2.75) is 76.5 Å². The van der Waals surface area contributed by atoms with E-state index in [1.807, 2.05) is 6.92 Å². The van der Waals surface area contributed by atoms with Gasteiger partial charge in [-0.25, -0.2) is 23.5 Å². The van der Waals surface area contributed by atoms with Crippen LogP contribution in [0.3, 0.4) is 0 Å². The van der Waals surface area contributed by atoms with Crippen LogP contribution in [-0.4, -0.2) is 20.3 Å². The number of nitrogens with zero attached hydrogens (tertiary/aromatic N) is 2. The van der Waals surface area contributed by atoms with Crippen molar-refractivity contribution >= 4 is 33.0 Å². The lowest BCUT2D eigenvalue weighted by Gasteiger charge is -2.18. The normalized spacial score (nSPS) is 15.5. The van der Waals surface area contributed by atoms with Crippen LogP contribution in [0.15, 0.2) is 8.57 Å². The second-order valence-corrected chi connectivity index (χ2v) is 11.4. The van der Waals surface area contributed by atoms with Crippen LogP contribution in [0.4, 0.5) is 14.9 Å². The second-order valence-electron chi connectivity index (χ2n) is 8.39. The molecule has 3 rings (SSSR count). The molecule has 1 aliphatic carbocycles. The van der Waals surface area contributed by atoms with Crippen LogP contribution in [0, 0.1) is 19.7 Å². The first-order valence-corrected chi connectivity index (χ1v) is 12.6. The average Bonchev–Trinajstić information content (AvgIpc) is 3.29. The Labute approximate surface area is 186 Å². The summed E-state index contributed by atoms with van der Waals surface area (Å²) < 4.78 is 31.9. The number of aryl methyl sites for hydroxylation is 1. The first-order valence-electron chi connectivity index (χ1n) is 10.3. The maximum absolute atomic E-state index is 14.9. The summed E-state index contributed by atoms with van der Waals surface area (Å²) in [5.74, 6) is -0.177. The molecule has 1 heterocycles. The van der Waals surface area contributed by atoms with Crippen molar-refractivity contribution in [3.8, 4) is 0 Å². The highest BCUT2D eigenvalue weighted by molar-refractivity contribution is 7.93. The molecule has 1 aromatic heterocycles. The fourth-order valence-electron chi connectivity index (χ4n) is 3.91. The van der Waals surface area contributed by atoms with E-state index in [-0.39, 0.29) is 10.0 Å². The number of halogens is 1. The first kappa shape index (κ1) is 23.8. The van der Waals surface area contributed by atoms with Crippen molar-refractivity contribution in [1.82, 2.24) is 4.98 Å². The number of thiazole rings is 1. The lowest BCUT2D eigenvalue weighted by atomic mass is 9.94. The van der Waals surface area contributed by atoms with Gasteiger partial charge >= 0.3 is 6.03 Å². The van der Waals surface area contributed by atoms with Gasteiger partial charge in [-0.3, -0.25) is 0 Å². The number of carbonyl (C=O) groups excluding carboxylic acids is 1. The molecule has 1 atom stereocenters. The Balaban J connectivity index is 2.00. The number of carbonyl (C=O) groups is 1. The predicted molar refractivity (Wildman–Crippen MR) is 121 cm³/mol. The zero-order valence-electron chi connectivity index (χ0n) is 18.5. The summed E-state index contributed by atoms with van der Waals surface area (Å²) in [5.41, 5.74) is 2.36. The molecule has 2 aromatic rings. The van der Waals surface area contributed by atoms with Crippen molar-refractivity contribution in [3.63, 3.8) is 0 Å². The highest BCUT2D eigenvalue weighted by Crippen LogP contribution is 2.37. The molecule has 1 unspecified atom stereocenters. The Morgan fingerprint density at radius 2 is 2.00 bits per heavy atom. The van der Waals surface area contributed by atoms with Crippen LogP contribution in [0.1, 0.15) is 66.6 Å². The van der Waals surface area contributed by atoms with E-state index in [9.17, 15) is 18.5 Å². The Hall–Kier alpha value is -1.88. The van der Waals surface area contributed by atoms with Crippen LogP contribution < -0.4 is 10.5 Å². The topological polar surface area (TPSA) is 118 Å². The van der Waals surface area contributed by atoms with E-state index >= 15 is 0 Å². The van der Waals surface area contributed by atoms with Crippen molar-refractivity contribution in [3.05, 3.63) is 38.8 Å². The summed E-state index contributed by atoms with van der Waals surface area (Å²) in [6.45, 7) is 8.48. The Morgan fingerprint density at radius 3 is 2.58 bits per heavy atom. The van der Waals surface area contributed by atoms with Crippen molar-refractivity contribution in [1.29, 1.82) is 0 Å². The predicted octanol–water partition coefficient (Wildman–Crippen LogP) is 4.50. The van der Waals surface area contributed by atoms with Crippen molar-refractivity contribution in [2.24, 2.45) is 9.50 Å². The summed E-state index contributed by atoms with van der Waals surface area (Å²) in [6, 6.07) is -0.851. The van der Waals surface area contributed by atoms with Gasteiger partial charge in [-0.05, 0) is 75.6 Å². The van der Waals surface area contributed by atoms with Gasteiger partial charge in [-0.2, -0.15) is 0 Å². The third-order valence-electron chi connectivity index (χ3n) is 5.37. The molecular weight excluding hydrogens is 439 g/mol. The zero-order chi connectivity index (χ0) is 23.1. The van der Waals surface area contributed by atoms with Gasteiger partial charge in [-0.15, -0.1) is 15.7 Å². The minimum atomic E-state index is -3.57. The van der Waals surface area contributed by atoms with Gasteiger partial charge in [-0.1, -0.05) is 13.3 Å². The number of aliphatic hydroxyl groups is 1. The Kier molecular flexibility index (Phi) is 6.57. The van der Waals surface area contributed by atoms with E-state index in [0.29, 0.717) is 52.3 Å². The monoisotopic (exact) mass is 468 g/mol. The summed E-state index contributed by atoms with van der Waals surface area (Å²) in [6.07, 6.45) is 3.45. The van der Waals surface area contributed by atoms with Crippen LogP contribution in [0.5, 0.6) is 0 Å². The zero-order valence-corrected chi connectivity index (χ0v) is 20.1. The van der Waals surface area contributed by atoms with E-state index < -0.39 is 21.5 Å². The number of aromatic nitrogens is 1. The molecule has 0 spiro atoms. The van der Waals surface area contributed by atoms with Crippen molar-refractivity contribution in [2.75, 3.05) is 5.32 Å². The molecule has 0 bridgehead atoms. The number of urea groups is 1. The second kappa shape index (κ2) is 8.57. The third-order valence-corrected chi connectivity index (χ3v) is 8.87. The summed E-state index contributed by atoms with van der Waals surface area (Å²) >= 11 is 0.971. The Morgan fingerprint density at radius 1 is 1.35 bits per heavy atom. The van der Waals surface area contributed by atoms with Crippen molar-refractivity contribution < 1.29 is 18.5 Å². The molecule has 7 nitrogen and oxygen atoms in total. The average molecular weight is 469 g/mol. The highest BCUT2D eigenvalue weighted by Gasteiger charge is 2.28. The summed E-state index contributed by atoms with van der Waals surface area (Å²) in [4.78, 5) is 16.9. The summed E-state index contributed by atoms with van der Waals surface area (Å²) in [5, 5.41) is 19.1. The molecule has 1 aliphatic rings. The molecule has 4 N–H and O–H groups in total. The SMILES string of the molecule is CCCc1c(C)c(NC(=O)N=S(N)(=O)c2sc(C(C)(C)O)nc2C)c2c(c1F)CCC2. The molecule has 0 saturated heterocycles. The molecule has 31 heavy (non-hydrogen) atoms. The minimum absolute atomic E-state index is 0.146. The number of hydrogen-bond donors (Lipinski definition) is 3. The van der Waals surface area contributed by atoms with E-state index in [1.54, 1.807) is 27.7 Å². The van der Waals surface area contributed by atoms with E-state index in [2.05, 4.69) is 14.7 Å². The van der Waals surface area contributed by atoms with Gasteiger partial charge in [0, 0.05) is 5.69 Å². The van der Waals surface area contributed by atoms with E-state index in [4.69, 9.17) is 5.14 Å². The number of hydrogen-bond acceptors (Lipinski definition) is 5. The number of rotatable bonds is 5. The van der Waals surface area contributed by atoms with Gasteiger partial charge in [0.05, 0.1) is 5.69 Å². The lowest BCUT2D eigenvalue weighted by Crippen LogP contribution is -2.19. The van der Waals surface area contributed by atoms with Gasteiger partial charge < -0.3 is 10.4 Å². The quantitative estimate of drug-likeness (QED) is 0.599. The fourth-order valence-corrected chi connectivity index (χ4v) is 6.38. The van der Waals surface area contributed by atoms with Gasteiger partial charge in [0.2, 0.25) is 0 Å².